The van der Waals surface area contributed by atoms with E-state index in [-0.39, 0.29) is 11.5 Å². The molecular weight excluding hydrogens is 337 g/mol. The monoisotopic (exact) mass is 347 g/mol. The Morgan fingerprint density at radius 3 is 2.81 bits per heavy atom. The van der Waals surface area contributed by atoms with Crippen molar-refractivity contribution in [2.75, 3.05) is 5.73 Å². The number of hydrogen-bond acceptors (Lipinski definition) is 4. The van der Waals surface area contributed by atoms with Crippen molar-refractivity contribution in [2.24, 2.45) is 0 Å². The van der Waals surface area contributed by atoms with Crippen LogP contribution in [0.25, 0.3) is 11.5 Å². The number of anilines is 1. The molecule has 6 heteroatoms. The number of nitrogens with zero attached hydrogens (tertiary/aromatic N) is 2. The molecule has 0 aliphatic heterocycles. The first-order valence-corrected chi connectivity index (χ1v) is 7.04. The molecule has 106 valence electrons. The van der Waals surface area contributed by atoms with Gasteiger partial charge in [-0.05, 0) is 29.8 Å². The maximum atomic E-state index is 13.8. The van der Waals surface area contributed by atoms with Crippen LogP contribution in [0, 0.1) is 5.82 Å². The number of rotatable bonds is 3. The minimum Gasteiger partial charge on any atom is -0.399 e. The molecule has 0 bridgehead atoms. The highest BCUT2D eigenvalue weighted by molar-refractivity contribution is 9.10. The Kier molecular flexibility index (Phi) is 3.70. The lowest BCUT2D eigenvalue weighted by atomic mass is 10.1. The van der Waals surface area contributed by atoms with Crippen LogP contribution in [0.2, 0.25) is 0 Å². The van der Waals surface area contributed by atoms with Gasteiger partial charge in [0.15, 0.2) is 5.82 Å². The van der Waals surface area contributed by atoms with E-state index in [0.29, 0.717) is 17.9 Å². The zero-order valence-electron chi connectivity index (χ0n) is 10.9. The Hall–Kier alpha value is -2.21. The van der Waals surface area contributed by atoms with Crippen LogP contribution in [0.3, 0.4) is 0 Å². The van der Waals surface area contributed by atoms with Crippen molar-refractivity contribution in [1.82, 2.24) is 10.1 Å². The molecule has 0 amide bonds. The molecule has 0 aliphatic rings. The summed E-state index contributed by atoms with van der Waals surface area (Å²) in [5.41, 5.74) is 7.33. The van der Waals surface area contributed by atoms with Crippen LogP contribution in [0.5, 0.6) is 0 Å². The lowest BCUT2D eigenvalue weighted by Crippen LogP contribution is -1.93. The van der Waals surface area contributed by atoms with Crippen LogP contribution >= 0.6 is 15.9 Å². The number of nitrogens with two attached hydrogens (primary N) is 1. The Labute approximate surface area is 128 Å². The minimum atomic E-state index is -0.444. The van der Waals surface area contributed by atoms with Gasteiger partial charge in [-0.15, -0.1) is 0 Å². The summed E-state index contributed by atoms with van der Waals surface area (Å²) in [6.45, 7) is 0. The fourth-order valence-corrected chi connectivity index (χ4v) is 2.38. The van der Waals surface area contributed by atoms with Gasteiger partial charge in [0.05, 0.1) is 5.56 Å². The molecule has 2 aromatic carbocycles. The van der Waals surface area contributed by atoms with Gasteiger partial charge in [-0.2, -0.15) is 4.98 Å². The standard InChI is InChI=1S/C15H11BrFN3O/c16-12-4-2-1-3-9(12)7-14-19-15(21-20-14)11-8-10(18)5-6-13(11)17/h1-6,8H,7,18H2. The first-order valence-electron chi connectivity index (χ1n) is 6.25. The summed E-state index contributed by atoms with van der Waals surface area (Å²) in [4.78, 5) is 4.22. The molecule has 0 saturated heterocycles. The molecule has 0 spiro atoms. The molecule has 2 N–H and O–H groups in total. The first-order chi connectivity index (χ1) is 10.1. The molecule has 3 rings (SSSR count). The third-order valence-electron chi connectivity index (χ3n) is 3.00. The van der Waals surface area contributed by atoms with E-state index in [0.717, 1.165) is 10.0 Å². The summed E-state index contributed by atoms with van der Waals surface area (Å²) < 4.78 is 19.9. The maximum absolute atomic E-state index is 13.8. The molecule has 0 fully saturated rings. The summed E-state index contributed by atoms with van der Waals surface area (Å²) in [5.74, 6) is 0.167. The van der Waals surface area contributed by atoms with E-state index in [9.17, 15) is 4.39 Å². The summed E-state index contributed by atoms with van der Waals surface area (Å²) in [5, 5.41) is 3.89. The van der Waals surface area contributed by atoms with Crippen molar-refractivity contribution in [3.63, 3.8) is 0 Å². The molecule has 0 radical (unpaired) electrons. The average molecular weight is 348 g/mol. The van der Waals surface area contributed by atoms with Gasteiger partial charge in [-0.25, -0.2) is 4.39 Å². The lowest BCUT2D eigenvalue weighted by Gasteiger charge is -2.00. The average Bonchev–Trinajstić information content (AvgIpc) is 2.92. The van der Waals surface area contributed by atoms with Gasteiger partial charge >= 0.3 is 0 Å². The second kappa shape index (κ2) is 5.65. The Morgan fingerprint density at radius 2 is 2.00 bits per heavy atom. The summed E-state index contributed by atoms with van der Waals surface area (Å²) in [6.07, 6.45) is 0.495. The fourth-order valence-electron chi connectivity index (χ4n) is 1.95. The van der Waals surface area contributed by atoms with Crippen molar-refractivity contribution < 1.29 is 8.91 Å². The second-order valence-corrected chi connectivity index (χ2v) is 5.38. The van der Waals surface area contributed by atoms with Crippen LogP contribution in [0.4, 0.5) is 10.1 Å². The fraction of sp³-hybridized carbons (Fsp3) is 0.0667. The van der Waals surface area contributed by atoms with Crippen molar-refractivity contribution in [3.05, 3.63) is 64.1 Å². The number of nitrogen functional groups attached to an aromatic ring is 1. The predicted molar refractivity (Wildman–Crippen MR) is 81.1 cm³/mol. The molecular formula is C15H11BrFN3O. The highest BCUT2D eigenvalue weighted by atomic mass is 79.9. The van der Waals surface area contributed by atoms with Gasteiger partial charge in [0.1, 0.15) is 5.82 Å². The SMILES string of the molecule is Nc1ccc(F)c(-c2nc(Cc3ccccc3Br)no2)c1. The largest absolute Gasteiger partial charge is 0.399 e. The quantitative estimate of drug-likeness (QED) is 0.731. The maximum Gasteiger partial charge on any atom is 0.260 e. The van der Waals surface area contributed by atoms with E-state index < -0.39 is 5.82 Å². The molecule has 1 aromatic heterocycles. The molecule has 4 nitrogen and oxygen atoms in total. The molecule has 1 heterocycles. The number of halogens is 2. The van der Waals surface area contributed by atoms with Gasteiger partial charge in [-0.3, -0.25) is 0 Å². The molecule has 0 aliphatic carbocycles. The predicted octanol–water partition coefficient (Wildman–Crippen LogP) is 3.81. The number of hydrogen-bond donors (Lipinski definition) is 1. The zero-order valence-corrected chi connectivity index (χ0v) is 12.5. The van der Waals surface area contributed by atoms with Gasteiger partial charge in [0.2, 0.25) is 0 Å². The first kappa shape index (κ1) is 13.8. The zero-order chi connectivity index (χ0) is 14.8. The Morgan fingerprint density at radius 1 is 1.19 bits per heavy atom. The topological polar surface area (TPSA) is 64.9 Å². The van der Waals surface area contributed by atoms with Gasteiger partial charge < -0.3 is 10.3 Å². The Balaban J connectivity index is 1.90. The van der Waals surface area contributed by atoms with Gasteiger partial charge in [-0.1, -0.05) is 39.3 Å². The minimum absolute atomic E-state index is 0.127. The van der Waals surface area contributed by atoms with E-state index in [1.54, 1.807) is 0 Å². The van der Waals surface area contributed by atoms with Crippen molar-refractivity contribution >= 4 is 21.6 Å². The number of benzene rings is 2. The van der Waals surface area contributed by atoms with Gasteiger partial charge in [0.25, 0.3) is 5.89 Å². The third kappa shape index (κ3) is 2.95. The Bertz CT molecular complexity index is 788. The molecule has 0 atom stereocenters. The third-order valence-corrected chi connectivity index (χ3v) is 3.77. The van der Waals surface area contributed by atoms with E-state index in [1.165, 1.54) is 18.2 Å². The van der Waals surface area contributed by atoms with E-state index in [1.807, 2.05) is 24.3 Å². The highest BCUT2D eigenvalue weighted by Gasteiger charge is 2.14. The second-order valence-electron chi connectivity index (χ2n) is 4.52. The van der Waals surface area contributed by atoms with Crippen LogP contribution < -0.4 is 5.73 Å². The summed E-state index contributed by atoms with van der Waals surface area (Å²) in [7, 11) is 0. The lowest BCUT2D eigenvalue weighted by molar-refractivity contribution is 0.421. The smallest absolute Gasteiger partial charge is 0.260 e. The molecule has 3 aromatic rings. The summed E-state index contributed by atoms with van der Waals surface area (Å²) in [6, 6.07) is 12.0. The molecule has 0 unspecified atom stereocenters. The van der Waals surface area contributed by atoms with Crippen molar-refractivity contribution in [3.8, 4) is 11.5 Å². The van der Waals surface area contributed by atoms with E-state index in [2.05, 4.69) is 26.1 Å². The van der Waals surface area contributed by atoms with E-state index >= 15 is 0 Å². The number of aromatic nitrogens is 2. The van der Waals surface area contributed by atoms with Gasteiger partial charge in [0, 0.05) is 16.6 Å². The molecule has 0 saturated carbocycles. The van der Waals surface area contributed by atoms with Crippen LogP contribution in [-0.2, 0) is 6.42 Å². The van der Waals surface area contributed by atoms with E-state index in [4.69, 9.17) is 10.3 Å². The highest BCUT2D eigenvalue weighted by Crippen LogP contribution is 2.24. The normalized spacial score (nSPS) is 10.8. The van der Waals surface area contributed by atoms with Crippen LogP contribution in [0.1, 0.15) is 11.4 Å². The van der Waals surface area contributed by atoms with Crippen LogP contribution in [-0.4, -0.2) is 10.1 Å². The summed E-state index contributed by atoms with van der Waals surface area (Å²) >= 11 is 3.46. The molecule has 21 heavy (non-hydrogen) atoms. The van der Waals surface area contributed by atoms with Crippen molar-refractivity contribution in [1.29, 1.82) is 0 Å². The van der Waals surface area contributed by atoms with Crippen LogP contribution in [0.15, 0.2) is 51.5 Å². The van der Waals surface area contributed by atoms with Crippen molar-refractivity contribution in [2.45, 2.75) is 6.42 Å².